The maximum atomic E-state index is 7.59. The Morgan fingerprint density at radius 2 is 2.50 bits per heavy atom. The monoisotopic (exact) mass is 139 g/mol. The molecule has 0 aliphatic carbocycles. The first-order valence-corrected chi connectivity index (χ1v) is 3.98. The van der Waals surface area contributed by atoms with Crippen LogP contribution in [0, 0.1) is 11.8 Å². The molecule has 57 valence electrons. The molecule has 1 radical (unpaired) electrons. The second-order valence-corrected chi connectivity index (χ2v) is 2.72. The van der Waals surface area contributed by atoms with E-state index in [0.717, 1.165) is 38.2 Å². The second-order valence-electron chi connectivity index (χ2n) is 2.72. The van der Waals surface area contributed by atoms with Gasteiger partial charge >= 0.3 is 0 Å². The normalized spacial score (nSPS) is 17.9. The Kier molecular flexibility index (Phi) is 2.72. The minimum absolute atomic E-state index is 0.816. The number of nitrogens with one attached hydrogen (secondary N) is 1. The summed E-state index contributed by atoms with van der Waals surface area (Å²) in [5.74, 6) is 0.816. The van der Waals surface area contributed by atoms with Crippen LogP contribution in [0.5, 0.6) is 0 Å². The summed E-state index contributed by atoms with van der Waals surface area (Å²) in [4.78, 5) is 2.14. The van der Waals surface area contributed by atoms with Gasteiger partial charge in [0.25, 0.3) is 0 Å². The van der Waals surface area contributed by atoms with E-state index in [1.54, 1.807) is 0 Å². The van der Waals surface area contributed by atoms with E-state index in [0.29, 0.717) is 0 Å². The minimum atomic E-state index is 0.816. The SMILES string of the molecule is CCCC(=N)N1C[CH]CC1. The first-order valence-electron chi connectivity index (χ1n) is 3.98. The van der Waals surface area contributed by atoms with Gasteiger partial charge in [-0.1, -0.05) is 6.92 Å². The van der Waals surface area contributed by atoms with E-state index in [4.69, 9.17) is 5.41 Å². The van der Waals surface area contributed by atoms with Crippen LogP contribution in [0.2, 0.25) is 0 Å². The van der Waals surface area contributed by atoms with Crippen molar-refractivity contribution in [1.82, 2.24) is 4.90 Å². The summed E-state index contributed by atoms with van der Waals surface area (Å²) in [5, 5.41) is 7.59. The zero-order valence-corrected chi connectivity index (χ0v) is 6.56. The van der Waals surface area contributed by atoms with Crippen LogP contribution in [0.15, 0.2) is 0 Å². The quantitative estimate of drug-likeness (QED) is 0.457. The molecule has 0 bridgehead atoms. The summed E-state index contributed by atoms with van der Waals surface area (Å²) in [5.41, 5.74) is 0. The first-order chi connectivity index (χ1) is 4.84. The highest BCUT2D eigenvalue weighted by Crippen LogP contribution is 2.08. The molecule has 0 aromatic heterocycles. The van der Waals surface area contributed by atoms with Gasteiger partial charge in [-0.15, -0.1) is 0 Å². The lowest BCUT2D eigenvalue weighted by Crippen LogP contribution is -2.26. The van der Waals surface area contributed by atoms with Crippen molar-refractivity contribution in [2.45, 2.75) is 26.2 Å². The standard InChI is InChI=1S/C8H15N2/c1-2-5-8(9)10-6-3-4-7-10/h3,9H,2,4-7H2,1H3. The average Bonchev–Trinajstić information content (AvgIpc) is 2.38. The van der Waals surface area contributed by atoms with Gasteiger partial charge in [-0.3, -0.25) is 5.41 Å². The van der Waals surface area contributed by atoms with Gasteiger partial charge in [-0.2, -0.15) is 0 Å². The van der Waals surface area contributed by atoms with Crippen molar-refractivity contribution in [3.05, 3.63) is 6.42 Å². The van der Waals surface area contributed by atoms with Gasteiger partial charge in [0.05, 0.1) is 5.84 Å². The lowest BCUT2D eigenvalue weighted by molar-refractivity contribution is 0.508. The largest absolute Gasteiger partial charge is 0.360 e. The molecular weight excluding hydrogens is 124 g/mol. The predicted octanol–water partition coefficient (Wildman–Crippen LogP) is 1.67. The average molecular weight is 139 g/mol. The summed E-state index contributed by atoms with van der Waals surface area (Å²) in [6, 6.07) is 0. The van der Waals surface area contributed by atoms with Gasteiger partial charge < -0.3 is 4.90 Å². The maximum Gasteiger partial charge on any atom is 0.0957 e. The molecular formula is C8H15N2. The third-order valence-corrected chi connectivity index (χ3v) is 1.82. The van der Waals surface area contributed by atoms with Crippen molar-refractivity contribution < 1.29 is 0 Å². The molecule has 1 rings (SSSR count). The van der Waals surface area contributed by atoms with Gasteiger partial charge in [-0.25, -0.2) is 0 Å². The highest BCUT2D eigenvalue weighted by atomic mass is 15.2. The third-order valence-electron chi connectivity index (χ3n) is 1.82. The molecule has 0 amide bonds. The molecule has 10 heavy (non-hydrogen) atoms. The third kappa shape index (κ3) is 1.72. The molecule has 0 atom stereocenters. The van der Waals surface area contributed by atoms with E-state index in [2.05, 4.69) is 18.2 Å². The molecule has 1 aliphatic rings. The number of hydrogen-bond acceptors (Lipinski definition) is 1. The topological polar surface area (TPSA) is 27.1 Å². The van der Waals surface area contributed by atoms with E-state index >= 15 is 0 Å². The fourth-order valence-corrected chi connectivity index (χ4v) is 1.23. The number of likely N-dealkylation sites (tertiary alicyclic amines) is 1. The van der Waals surface area contributed by atoms with E-state index in [-0.39, 0.29) is 0 Å². The Hall–Kier alpha value is -0.530. The first kappa shape index (κ1) is 7.58. The Morgan fingerprint density at radius 1 is 1.70 bits per heavy atom. The Morgan fingerprint density at radius 3 is 3.00 bits per heavy atom. The molecule has 0 saturated carbocycles. The van der Waals surface area contributed by atoms with Crippen molar-refractivity contribution in [2.75, 3.05) is 13.1 Å². The van der Waals surface area contributed by atoms with Crippen LogP contribution in [-0.2, 0) is 0 Å². The van der Waals surface area contributed by atoms with Gasteiger partial charge in [0.2, 0.25) is 0 Å². The molecule has 0 spiro atoms. The minimum Gasteiger partial charge on any atom is -0.360 e. The second kappa shape index (κ2) is 3.59. The van der Waals surface area contributed by atoms with E-state index < -0.39 is 0 Å². The zero-order valence-electron chi connectivity index (χ0n) is 6.56. The molecule has 2 nitrogen and oxygen atoms in total. The number of amidine groups is 1. The Bertz CT molecular complexity index is 114. The fourth-order valence-electron chi connectivity index (χ4n) is 1.23. The van der Waals surface area contributed by atoms with Crippen LogP contribution in [-0.4, -0.2) is 23.8 Å². The molecule has 0 aromatic rings. The van der Waals surface area contributed by atoms with E-state index in [9.17, 15) is 0 Å². The predicted molar refractivity (Wildman–Crippen MR) is 43.1 cm³/mol. The van der Waals surface area contributed by atoms with Gasteiger partial charge in [0.15, 0.2) is 0 Å². The Labute approximate surface area is 62.7 Å². The summed E-state index contributed by atoms with van der Waals surface area (Å²) < 4.78 is 0. The van der Waals surface area contributed by atoms with Crippen LogP contribution in [0.4, 0.5) is 0 Å². The van der Waals surface area contributed by atoms with Crippen LogP contribution >= 0.6 is 0 Å². The molecule has 1 saturated heterocycles. The number of hydrogen-bond donors (Lipinski definition) is 1. The van der Waals surface area contributed by atoms with Crippen molar-refractivity contribution in [3.63, 3.8) is 0 Å². The van der Waals surface area contributed by atoms with Crippen molar-refractivity contribution in [1.29, 1.82) is 5.41 Å². The van der Waals surface area contributed by atoms with Crippen molar-refractivity contribution in [3.8, 4) is 0 Å². The Balaban J connectivity index is 2.25. The van der Waals surface area contributed by atoms with Crippen LogP contribution < -0.4 is 0 Å². The molecule has 1 fully saturated rings. The van der Waals surface area contributed by atoms with E-state index in [1.807, 2.05) is 0 Å². The lowest BCUT2D eigenvalue weighted by atomic mass is 10.3. The van der Waals surface area contributed by atoms with Crippen molar-refractivity contribution in [2.24, 2.45) is 0 Å². The molecule has 2 heteroatoms. The summed E-state index contributed by atoms with van der Waals surface area (Å²) >= 11 is 0. The number of rotatable bonds is 2. The molecule has 0 unspecified atom stereocenters. The van der Waals surface area contributed by atoms with Crippen LogP contribution in [0.1, 0.15) is 26.2 Å². The molecule has 1 N–H and O–H groups in total. The summed E-state index contributed by atoms with van der Waals surface area (Å²) in [6.45, 7) is 4.19. The number of nitrogens with zero attached hydrogens (tertiary/aromatic N) is 1. The van der Waals surface area contributed by atoms with Crippen molar-refractivity contribution >= 4 is 5.84 Å². The van der Waals surface area contributed by atoms with Crippen LogP contribution in [0.3, 0.4) is 0 Å². The van der Waals surface area contributed by atoms with E-state index in [1.165, 1.54) is 0 Å². The fraction of sp³-hybridized carbons (Fsp3) is 0.750. The van der Waals surface area contributed by atoms with Gasteiger partial charge in [0, 0.05) is 19.5 Å². The summed E-state index contributed by atoms with van der Waals surface area (Å²) in [6.07, 6.45) is 5.43. The lowest BCUT2D eigenvalue weighted by Gasteiger charge is -2.17. The maximum absolute atomic E-state index is 7.59. The highest BCUT2D eigenvalue weighted by molar-refractivity contribution is 5.79. The molecule has 0 aromatic carbocycles. The van der Waals surface area contributed by atoms with Gasteiger partial charge in [0.1, 0.15) is 0 Å². The van der Waals surface area contributed by atoms with Crippen LogP contribution in [0.25, 0.3) is 0 Å². The highest BCUT2D eigenvalue weighted by Gasteiger charge is 2.13. The molecule has 1 heterocycles. The summed E-state index contributed by atoms with van der Waals surface area (Å²) in [7, 11) is 0. The van der Waals surface area contributed by atoms with Gasteiger partial charge in [-0.05, 0) is 19.3 Å². The molecule has 1 aliphatic heterocycles. The zero-order chi connectivity index (χ0) is 7.40. The smallest absolute Gasteiger partial charge is 0.0957 e.